The average molecular weight is 414 g/mol. The number of hydrogen-bond donors (Lipinski definition) is 1. The first-order valence-corrected chi connectivity index (χ1v) is 9.83. The standard InChI is InChI=1S/C21H24F2N6O/c1-12-7-17(27-20(25-12)21(3,22)23)16-11-29(14-5-6-28(4)10-14)18-9-24-19(8-15(16)18)26-13(2)30/h7-9,11,14H,5-6,10H2,1-4H3,(H,24,26,30). The van der Waals surface area contributed by atoms with Crippen molar-refractivity contribution in [1.82, 2.24) is 24.4 Å². The number of alkyl halides is 2. The number of likely N-dealkylation sites (tertiary alicyclic amines) is 1. The minimum atomic E-state index is -3.14. The normalized spacial score (nSPS) is 17.6. The van der Waals surface area contributed by atoms with Crippen LogP contribution in [0.5, 0.6) is 0 Å². The van der Waals surface area contributed by atoms with Gasteiger partial charge in [-0.15, -0.1) is 0 Å². The van der Waals surface area contributed by atoms with Crippen LogP contribution in [0.1, 0.15) is 37.8 Å². The van der Waals surface area contributed by atoms with Gasteiger partial charge in [0.05, 0.1) is 17.4 Å². The van der Waals surface area contributed by atoms with E-state index in [4.69, 9.17) is 0 Å². The summed E-state index contributed by atoms with van der Waals surface area (Å²) in [7, 11) is 2.07. The van der Waals surface area contributed by atoms with Crippen molar-refractivity contribution in [3.05, 3.63) is 36.0 Å². The third kappa shape index (κ3) is 3.89. The number of aromatic nitrogens is 4. The van der Waals surface area contributed by atoms with Crippen LogP contribution in [0.3, 0.4) is 0 Å². The van der Waals surface area contributed by atoms with Crippen LogP contribution in [-0.4, -0.2) is 50.5 Å². The number of aryl methyl sites for hydroxylation is 1. The van der Waals surface area contributed by atoms with Crippen molar-refractivity contribution < 1.29 is 13.6 Å². The maximum Gasteiger partial charge on any atom is 0.303 e. The number of hydrogen-bond acceptors (Lipinski definition) is 5. The van der Waals surface area contributed by atoms with Gasteiger partial charge in [0.25, 0.3) is 0 Å². The molecule has 0 radical (unpaired) electrons. The van der Waals surface area contributed by atoms with Gasteiger partial charge < -0.3 is 14.8 Å². The number of nitrogens with one attached hydrogen (secondary N) is 1. The SMILES string of the molecule is CC(=O)Nc1cc2c(-c3cc(C)nc(C(C)(F)F)n3)cn(C3CCN(C)C3)c2cn1. The summed E-state index contributed by atoms with van der Waals surface area (Å²) < 4.78 is 30.0. The van der Waals surface area contributed by atoms with Crippen molar-refractivity contribution in [3.8, 4) is 11.3 Å². The van der Waals surface area contributed by atoms with Gasteiger partial charge in [-0.25, -0.2) is 15.0 Å². The molecule has 3 aromatic rings. The molecular weight excluding hydrogens is 390 g/mol. The number of carbonyl (C=O) groups excluding carboxylic acids is 1. The predicted octanol–water partition coefficient (Wildman–Crippen LogP) is 3.75. The summed E-state index contributed by atoms with van der Waals surface area (Å²) in [5, 5.41) is 3.49. The molecule has 0 aromatic carbocycles. The maximum absolute atomic E-state index is 14.0. The minimum absolute atomic E-state index is 0.231. The molecule has 30 heavy (non-hydrogen) atoms. The number of carbonyl (C=O) groups is 1. The largest absolute Gasteiger partial charge is 0.341 e. The van der Waals surface area contributed by atoms with Crippen molar-refractivity contribution in [2.24, 2.45) is 0 Å². The highest BCUT2D eigenvalue weighted by atomic mass is 19.3. The van der Waals surface area contributed by atoms with E-state index in [1.807, 2.05) is 6.20 Å². The van der Waals surface area contributed by atoms with Crippen molar-refractivity contribution in [3.63, 3.8) is 0 Å². The molecule has 9 heteroatoms. The van der Waals surface area contributed by atoms with Crippen LogP contribution in [0.15, 0.2) is 24.5 Å². The number of anilines is 1. The molecule has 3 aromatic heterocycles. The number of fused-ring (bicyclic) bond motifs is 1. The van der Waals surface area contributed by atoms with Crippen LogP contribution in [0.25, 0.3) is 22.2 Å². The van der Waals surface area contributed by atoms with Crippen molar-refractivity contribution in [2.45, 2.75) is 39.2 Å². The first kappa shape index (κ1) is 20.3. The fraction of sp³-hybridized carbons (Fsp3) is 0.429. The molecular formula is C21H24F2N6O. The number of amides is 1. The average Bonchev–Trinajstić information content (AvgIpc) is 3.23. The molecule has 0 aliphatic carbocycles. The molecule has 4 heterocycles. The lowest BCUT2D eigenvalue weighted by Crippen LogP contribution is -2.16. The van der Waals surface area contributed by atoms with Crippen LogP contribution in [0.4, 0.5) is 14.6 Å². The lowest BCUT2D eigenvalue weighted by atomic mass is 10.1. The zero-order valence-electron chi connectivity index (χ0n) is 17.4. The predicted molar refractivity (Wildman–Crippen MR) is 111 cm³/mol. The van der Waals surface area contributed by atoms with Gasteiger partial charge >= 0.3 is 5.92 Å². The van der Waals surface area contributed by atoms with Crippen LogP contribution < -0.4 is 5.32 Å². The van der Waals surface area contributed by atoms with Crippen LogP contribution >= 0.6 is 0 Å². The van der Waals surface area contributed by atoms with Gasteiger partial charge in [-0.2, -0.15) is 8.78 Å². The molecule has 4 rings (SSSR count). The summed E-state index contributed by atoms with van der Waals surface area (Å²) in [4.78, 5) is 26.2. The lowest BCUT2D eigenvalue weighted by molar-refractivity contribution is -0.114. The molecule has 1 saturated heterocycles. The number of halogens is 2. The zero-order valence-corrected chi connectivity index (χ0v) is 17.4. The van der Waals surface area contributed by atoms with E-state index in [9.17, 15) is 13.6 Å². The summed E-state index contributed by atoms with van der Waals surface area (Å²) in [5.74, 6) is -3.47. The van der Waals surface area contributed by atoms with Crippen molar-refractivity contribution in [1.29, 1.82) is 0 Å². The van der Waals surface area contributed by atoms with Crippen molar-refractivity contribution >= 4 is 22.6 Å². The van der Waals surface area contributed by atoms with E-state index in [1.165, 1.54) is 6.92 Å². The van der Waals surface area contributed by atoms with E-state index >= 15 is 0 Å². The second kappa shape index (κ2) is 7.39. The molecule has 1 fully saturated rings. The lowest BCUT2D eigenvalue weighted by Gasteiger charge is -2.14. The second-order valence-electron chi connectivity index (χ2n) is 8.03. The maximum atomic E-state index is 14.0. The van der Waals surface area contributed by atoms with Gasteiger partial charge in [-0.3, -0.25) is 4.79 Å². The fourth-order valence-corrected chi connectivity index (χ4v) is 3.94. The minimum Gasteiger partial charge on any atom is -0.341 e. The van der Waals surface area contributed by atoms with Gasteiger partial charge in [0.2, 0.25) is 5.91 Å². The molecule has 7 nitrogen and oxygen atoms in total. The Hall–Kier alpha value is -2.94. The molecule has 1 aliphatic heterocycles. The molecule has 1 amide bonds. The van der Waals surface area contributed by atoms with Gasteiger partial charge in [0.15, 0.2) is 5.82 Å². The van der Waals surface area contributed by atoms with E-state index in [1.54, 1.807) is 25.3 Å². The fourth-order valence-electron chi connectivity index (χ4n) is 3.94. The Kier molecular flexibility index (Phi) is 5.01. The molecule has 1 atom stereocenters. The Morgan fingerprint density at radius 1 is 1.30 bits per heavy atom. The Bertz CT molecular complexity index is 1120. The number of pyridine rings is 1. The molecule has 1 unspecified atom stereocenters. The molecule has 1 aliphatic rings. The Labute approximate surface area is 173 Å². The quantitative estimate of drug-likeness (QED) is 0.704. The number of nitrogens with zero attached hydrogens (tertiary/aromatic N) is 5. The summed E-state index contributed by atoms with van der Waals surface area (Å²) in [6.07, 6.45) is 4.65. The molecule has 0 saturated carbocycles. The molecule has 158 valence electrons. The highest BCUT2D eigenvalue weighted by Crippen LogP contribution is 2.36. The van der Waals surface area contributed by atoms with E-state index in [0.717, 1.165) is 37.3 Å². The molecule has 1 N–H and O–H groups in total. The number of likely N-dealkylation sites (N-methyl/N-ethyl adjacent to an activating group) is 1. The summed E-state index contributed by atoms with van der Waals surface area (Å²) in [6, 6.07) is 3.71. The smallest absolute Gasteiger partial charge is 0.303 e. The van der Waals surface area contributed by atoms with Crippen LogP contribution in [0, 0.1) is 6.92 Å². The first-order valence-electron chi connectivity index (χ1n) is 9.83. The monoisotopic (exact) mass is 414 g/mol. The first-order chi connectivity index (χ1) is 14.1. The van der Waals surface area contributed by atoms with Gasteiger partial charge in [0, 0.05) is 49.3 Å². The van der Waals surface area contributed by atoms with Gasteiger partial charge in [-0.05, 0) is 39.1 Å². The van der Waals surface area contributed by atoms with Crippen LogP contribution in [-0.2, 0) is 10.7 Å². The topological polar surface area (TPSA) is 75.9 Å². The van der Waals surface area contributed by atoms with Crippen LogP contribution in [0.2, 0.25) is 0 Å². The highest BCUT2D eigenvalue weighted by molar-refractivity contribution is 5.98. The summed E-state index contributed by atoms with van der Waals surface area (Å²) in [6.45, 7) is 5.75. The molecule has 0 bridgehead atoms. The highest BCUT2D eigenvalue weighted by Gasteiger charge is 2.30. The second-order valence-corrected chi connectivity index (χ2v) is 8.03. The van der Waals surface area contributed by atoms with Gasteiger partial charge in [-0.1, -0.05) is 0 Å². The number of rotatable bonds is 4. The Morgan fingerprint density at radius 3 is 2.70 bits per heavy atom. The third-order valence-electron chi connectivity index (χ3n) is 5.31. The van der Waals surface area contributed by atoms with Crippen molar-refractivity contribution in [2.75, 3.05) is 25.5 Å². The van der Waals surface area contributed by atoms with E-state index < -0.39 is 11.7 Å². The van der Waals surface area contributed by atoms with Gasteiger partial charge in [0.1, 0.15) is 5.82 Å². The van der Waals surface area contributed by atoms with E-state index in [0.29, 0.717) is 22.8 Å². The summed E-state index contributed by atoms with van der Waals surface area (Å²) >= 11 is 0. The Balaban J connectivity index is 1.92. The van der Waals surface area contributed by atoms with E-state index in [-0.39, 0.29) is 11.9 Å². The Morgan fingerprint density at radius 2 is 2.07 bits per heavy atom. The summed E-state index contributed by atoms with van der Waals surface area (Å²) in [5.41, 5.74) is 2.48. The zero-order chi connectivity index (χ0) is 21.6. The molecule has 0 spiro atoms. The van der Waals surface area contributed by atoms with E-state index in [2.05, 4.69) is 36.8 Å². The third-order valence-corrected chi connectivity index (χ3v) is 5.31.